The molecule has 0 N–H and O–H groups in total. The molecule has 4 nitrogen and oxygen atoms in total. The highest BCUT2D eigenvalue weighted by Gasteiger charge is 2.25. The predicted molar refractivity (Wildman–Crippen MR) is 225 cm³/mol. The fraction of sp³-hybridized carbons (Fsp3) is 0. The first-order valence-corrected chi connectivity index (χ1v) is 18.8. The lowest BCUT2D eigenvalue weighted by Gasteiger charge is -2.27. The molecule has 254 valence electrons. The van der Waals surface area contributed by atoms with Crippen LogP contribution in [0.4, 0.5) is 17.1 Å². The van der Waals surface area contributed by atoms with E-state index >= 15 is 0 Å². The zero-order chi connectivity index (χ0) is 35.6. The molecular weight excluding hydrogens is 681 g/mol. The smallest absolute Gasteiger partial charge is 0.160 e. The van der Waals surface area contributed by atoms with E-state index in [1.807, 2.05) is 24.3 Å². The summed E-state index contributed by atoms with van der Waals surface area (Å²) >= 11 is 1.71. The van der Waals surface area contributed by atoms with Crippen molar-refractivity contribution in [3.05, 3.63) is 182 Å². The van der Waals surface area contributed by atoms with Crippen molar-refractivity contribution in [1.29, 1.82) is 0 Å². The zero-order valence-electron chi connectivity index (χ0n) is 28.9. The largest absolute Gasteiger partial charge is 0.456 e. The average molecular weight is 711 g/mol. The van der Waals surface area contributed by atoms with Crippen molar-refractivity contribution in [3.63, 3.8) is 0 Å². The molecular formula is C49H30N2O2S. The second-order valence-corrected chi connectivity index (χ2v) is 14.5. The number of aromatic nitrogens is 1. The van der Waals surface area contributed by atoms with Gasteiger partial charge in [-0.3, -0.25) is 0 Å². The number of benzene rings is 8. The molecule has 3 aromatic heterocycles. The fourth-order valence-corrected chi connectivity index (χ4v) is 8.91. The van der Waals surface area contributed by atoms with Gasteiger partial charge in [0.05, 0.1) is 21.6 Å². The molecule has 0 spiro atoms. The normalized spacial score (nSPS) is 11.7. The first kappa shape index (κ1) is 30.7. The van der Waals surface area contributed by atoms with Gasteiger partial charge in [0.1, 0.15) is 21.8 Å². The lowest BCUT2D eigenvalue weighted by molar-refractivity contribution is 0.667. The second-order valence-electron chi connectivity index (χ2n) is 13.5. The third kappa shape index (κ3) is 4.94. The maximum Gasteiger partial charge on any atom is 0.160 e. The van der Waals surface area contributed by atoms with Crippen molar-refractivity contribution in [2.75, 3.05) is 4.90 Å². The van der Waals surface area contributed by atoms with Gasteiger partial charge in [-0.05, 0) is 64.7 Å². The lowest BCUT2D eigenvalue weighted by Crippen LogP contribution is -2.10. The van der Waals surface area contributed by atoms with Gasteiger partial charge in [-0.25, -0.2) is 4.98 Å². The summed E-state index contributed by atoms with van der Waals surface area (Å²) in [5, 5.41) is 5.29. The summed E-state index contributed by atoms with van der Waals surface area (Å²) in [7, 11) is 0. The molecule has 54 heavy (non-hydrogen) atoms. The molecule has 5 heteroatoms. The number of hydrogen-bond acceptors (Lipinski definition) is 5. The van der Waals surface area contributed by atoms with Crippen LogP contribution in [0.2, 0.25) is 0 Å². The quantitative estimate of drug-likeness (QED) is 0.172. The summed E-state index contributed by atoms with van der Waals surface area (Å²) in [6.45, 7) is 0. The lowest BCUT2D eigenvalue weighted by atomic mass is 9.93. The molecule has 0 saturated carbocycles. The average Bonchev–Trinajstić information content (AvgIpc) is 3.95. The molecule has 0 aliphatic rings. The van der Waals surface area contributed by atoms with Gasteiger partial charge < -0.3 is 13.7 Å². The van der Waals surface area contributed by atoms with E-state index in [2.05, 4.69) is 163 Å². The topological polar surface area (TPSA) is 42.4 Å². The molecule has 11 aromatic rings. The van der Waals surface area contributed by atoms with Gasteiger partial charge in [-0.15, -0.1) is 11.3 Å². The Morgan fingerprint density at radius 3 is 1.76 bits per heavy atom. The molecule has 11 rings (SSSR count). The summed E-state index contributed by atoms with van der Waals surface area (Å²) in [6, 6.07) is 63.6. The van der Waals surface area contributed by atoms with Crippen LogP contribution in [0, 0.1) is 0 Å². The maximum atomic E-state index is 6.89. The number of nitrogens with zero attached hydrogens (tertiary/aromatic N) is 2. The van der Waals surface area contributed by atoms with Crippen LogP contribution in [0.25, 0.3) is 86.9 Å². The summed E-state index contributed by atoms with van der Waals surface area (Å²) in [5.74, 6) is 0. The molecule has 0 aliphatic heterocycles. The third-order valence-electron chi connectivity index (χ3n) is 10.3. The van der Waals surface area contributed by atoms with Crippen molar-refractivity contribution in [3.8, 4) is 32.8 Å². The fourth-order valence-electron chi connectivity index (χ4n) is 7.80. The monoisotopic (exact) mass is 710 g/mol. The first-order chi connectivity index (χ1) is 26.8. The van der Waals surface area contributed by atoms with Crippen LogP contribution in [-0.4, -0.2) is 4.98 Å². The Balaban J connectivity index is 1.22. The van der Waals surface area contributed by atoms with E-state index in [1.54, 1.807) is 11.3 Å². The zero-order valence-corrected chi connectivity index (χ0v) is 29.8. The van der Waals surface area contributed by atoms with E-state index in [-0.39, 0.29) is 0 Å². The number of para-hydroxylation sites is 2. The Morgan fingerprint density at radius 2 is 1.02 bits per heavy atom. The van der Waals surface area contributed by atoms with Crippen LogP contribution < -0.4 is 4.90 Å². The van der Waals surface area contributed by atoms with Crippen LogP contribution in [0.15, 0.2) is 191 Å². The van der Waals surface area contributed by atoms with Gasteiger partial charge in [0.25, 0.3) is 0 Å². The summed E-state index contributed by atoms with van der Waals surface area (Å²) in [4.78, 5) is 7.58. The van der Waals surface area contributed by atoms with E-state index in [0.29, 0.717) is 0 Å². The third-order valence-corrected chi connectivity index (χ3v) is 11.4. The Bertz CT molecular complexity index is 3160. The van der Waals surface area contributed by atoms with Crippen molar-refractivity contribution in [1.82, 2.24) is 4.98 Å². The molecule has 0 unspecified atom stereocenters. The van der Waals surface area contributed by atoms with Crippen molar-refractivity contribution in [2.45, 2.75) is 0 Å². The predicted octanol–water partition coefficient (Wildman–Crippen LogP) is 14.6. The molecule has 0 radical (unpaired) electrons. The van der Waals surface area contributed by atoms with Gasteiger partial charge in [0.2, 0.25) is 0 Å². The van der Waals surface area contributed by atoms with Crippen LogP contribution >= 0.6 is 11.3 Å². The van der Waals surface area contributed by atoms with Crippen LogP contribution in [0.1, 0.15) is 0 Å². The maximum absolute atomic E-state index is 6.89. The minimum atomic E-state index is 0.810. The highest BCUT2D eigenvalue weighted by molar-refractivity contribution is 7.22. The summed E-state index contributed by atoms with van der Waals surface area (Å²) < 4.78 is 14.5. The second kappa shape index (κ2) is 12.3. The number of fused-ring (bicyclic) bond motifs is 8. The summed E-state index contributed by atoms with van der Waals surface area (Å²) in [5.41, 5.74) is 12.8. The van der Waals surface area contributed by atoms with Gasteiger partial charge >= 0.3 is 0 Å². The van der Waals surface area contributed by atoms with E-state index in [1.165, 1.54) is 0 Å². The van der Waals surface area contributed by atoms with Crippen molar-refractivity contribution in [2.24, 2.45) is 0 Å². The van der Waals surface area contributed by atoms with Gasteiger partial charge in [0.15, 0.2) is 5.58 Å². The van der Waals surface area contributed by atoms with Crippen molar-refractivity contribution < 1.29 is 8.83 Å². The SMILES string of the molecule is c1ccc(-c2nc3cc(N(c4ccc(-c5ccccc5)c(-c5ccccc5)c4)c4ccc5c(c4)oc4ccccc45)c4oc5ccccc5c4c3s2)cc1. The van der Waals surface area contributed by atoms with E-state index in [4.69, 9.17) is 13.8 Å². The minimum Gasteiger partial charge on any atom is -0.456 e. The highest BCUT2D eigenvalue weighted by Crippen LogP contribution is 2.49. The molecule has 0 bridgehead atoms. The van der Waals surface area contributed by atoms with Crippen LogP contribution in [-0.2, 0) is 0 Å². The van der Waals surface area contributed by atoms with Crippen LogP contribution in [0.3, 0.4) is 0 Å². The number of rotatable bonds is 6. The molecule has 0 fully saturated rings. The molecule has 0 amide bonds. The molecule has 0 atom stereocenters. The standard InChI is InChI=1S/C49H30N2O2S/c1-4-14-31(15-5-1)36-26-24-34(28-40(36)32-16-6-2-7-17-32)51(35-25-27-38-37-20-10-12-22-43(37)52-45(38)29-35)42-30-41-48(54-49(50-41)33-18-8-3-9-19-33)46-39-21-11-13-23-44(39)53-47(42)46/h1-30H. The molecule has 8 aromatic carbocycles. The molecule has 0 saturated heterocycles. The summed E-state index contributed by atoms with van der Waals surface area (Å²) in [6.07, 6.45) is 0. The number of furan rings is 2. The number of thiazole rings is 1. The van der Waals surface area contributed by atoms with E-state index in [9.17, 15) is 0 Å². The minimum absolute atomic E-state index is 0.810. The highest BCUT2D eigenvalue weighted by atomic mass is 32.1. The van der Waals surface area contributed by atoms with Gasteiger partial charge in [-0.1, -0.05) is 133 Å². The Hall–Kier alpha value is -6.95. The van der Waals surface area contributed by atoms with Gasteiger partial charge in [0, 0.05) is 38.9 Å². The van der Waals surface area contributed by atoms with E-state index < -0.39 is 0 Å². The van der Waals surface area contributed by atoms with Crippen LogP contribution in [0.5, 0.6) is 0 Å². The Kier molecular flexibility index (Phi) is 7.00. The first-order valence-electron chi connectivity index (χ1n) is 18.0. The van der Waals surface area contributed by atoms with Crippen molar-refractivity contribution >= 4 is 82.5 Å². The molecule has 0 aliphatic carbocycles. The Labute approximate surface area is 314 Å². The Morgan fingerprint density at radius 1 is 0.444 bits per heavy atom. The van der Waals surface area contributed by atoms with Gasteiger partial charge in [-0.2, -0.15) is 0 Å². The number of anilines is 3. The van der Waals surface area contributed by atoms with E-state index in [0.717, 1.165) is 104 Å². The number of hydrogen-bond donors (Lipinski definition) is 0. The molecule has 3 heterocycles.